The maximum atomic E-state index is 12.9. The molecule has 28 heavy (non-hydrogen) atoms. The summed E-state index contributed by atoms with van der Waals surface area (Å²) in [7, 11) is 0. The van der Waals surface area contributed by atoms with Crippen LogP contribution in [-0.2, 0) is 13.1 Å². The lowest BCUT2D eigenvalue weighted by Crippen LogP contribution is -2.34. The van der Waals surface area contributed by atoms with Crippen LogP contribution in [0.2, 0.25) is 0 Å². The third-order valence-electron chi connectivity index (χ3n) is 4.02. The third kappa shape index (κ3) is 5.17. The molecule has 2 amide bonds. The van der Waals surface area contributed by atoms with Crippen molar-refractivity contribution in [1.29, 1.82) is 0 Å². The number of hydrogen-bond donors (Lipinski definition) is 2. The molecular formula is C22H22N2O4. The topological polar surface area (TPSA) is 74.9 Å². The van der Waals surface area contributed by atoms with Crippen molar-refractivity contribution in [1.82, 2.24) is 4.90 Å². The number of hydrogen-bond acceptors (Lipinski definition) is 4. The van der Waals surface area contributed by atoms with E-state index in [4.69, 9.17) is 9.15 Å². The lowest BCUT2D eigenvalue weighted by atomic mass is 10.2. The molecule has 3 rings (SSSR count). The average molecular weight is 378 g/mol. The molecule has 2 aromatic carbocycles. The van der Waals surface area contributed by atoms with Crippen molar-refractivity contribution < 1.29 is 19.1 Å². The number of furan rings is 1. The fourth-order valence-electron chi connectivity index (χ4n) is 2.66. The van der Waals surface area contributed by atoms with Gasteiger partial charge in [0, 0.05) is 17.3 Å². The summed E-state index contributed by atoms with van der Waals surface area (Å²) in [5.74, 6) is 1.42. The summed E-state index contributed by atoms with van der Waals surface area (Å²) < 4.78 is 10.9. The van der Waals surface area contributed by atoms with Gasteiger partial charge in [-0.1, -0.05) is 36.9 Å². The molecule has 0 fully saturated rings. The Morgan fingerprint density at radius 1 is 1.14 bits per heavy atom. The molecule has 3 aromatic rings. The summed E-state index contributed by atoms with van der Waals surface area (Å²) in [5, 5.41) is 12.9. The monoisotopic (exact) mass is 378 g/mol. The zero-order valence-electron chi connectivity index (χ0n) is 15.4. The molecule has 0 atom stereocenters. The lowest BCUT2D eigenvalue weighted by molar-refractivity contribution is 0.200. The highest BCUT2D eigenvalue weighted by molar-refractivity contribution is 5.89. The van der Waals surface area contributed by atoms with Gasteiger partial charge in [-0.25, -0.2) is 4.79 Å². The van der Waals surface area contributed by atoms with Gasteiger partial charge >= 0.3 is 6.03 Å². The van der Waals surface area contributed by atoms with Gasteiger partial charge in [0.1, 0.15) is 23.9 Å². The minimum atomic E-state index is -0.319. The average Bonchev–Trinajstić information content (AvgIpc) is 3.21. The number of urea groups is 1. The van der Waals surface area contributed by atoms with Crippen LogP contribution in [0.1, 0.15) is 11.3 Å². The highest BCUT2D eigenvalue weighted by atomic mass is 16.5. The van der Waals surface area contributed by atoms with Crippen LogP contribution < -0.4 is 10.1 Å². The highest BCUT2D eigenvalue weighted by Gasteiger charge is 2.18. The SMILES string of the molecule is C=CCOc1cccc(NC(=O)N(Cc2ccco2)Cc2ccccc2O)c1. The van der Waals surface area contributed by atoms with E-state index in [9.17, 15) is 9.90 Å². The quantitative estimate of drug-likeness (QED) is 0.553. The van der Waals surface area contributed by atoms with Gasteiger partial charge in [-0.05, 0) is 30.3 Å². The summed E-state index contributed by atoms with van der Waals surface area (Å²) in [6, 6.07) is 17.3. The van der Waals surface area contributed by atoms with E-state index in [0.717, 1.165) is 0 Å². The number of nitrogens with one attached hydrogen (secondary N) is 1. The molecule has 0 aliphatic heterocycles. The summed E-state index contributed by atoms with van der Waals surface area (Å²) >= 11 is 0. The van der Waals surface area contributed by atoms with Crippen LogP contribution in [0.3, 0.4) is 0 Å². The van der Waals surface area contributed by atoms with Crippen molar-refractivity contribution in [3.8, 4) is 11.5 Å². The Bertz CT molecular complexity index is 922. The van der Waals surface area contributed by atoms with E-state index in [1.165, 1.54) is 0 Å². The lowest BCUT2D eigenvalue weighted by Gasteiger charge is -2.23. The molecule has 2 N–H and O–H groups in total. The smallest absolute Gasteiger partial charge is 0.322 e. The fraction of sp³-hybridized carbons (Fsp3) is 0.136. The Hall–Kier alpha value is -3.67. The number of aromatic hydroxyl groups is 1. The van der Waals surface area contributed by atoms with Gasteiger partial charge in [0.25, 0.3) is 0 Å². The first-order chi connectivity index (χ1) is 13.7. The van der Waals surface area contributed by atoms with Gasteiger partial charge < -0.3 is 24.5 Å². The number of nitrogens with zero attached hydrogens (tertiary/aromatic N) is 1. The number of phenolic OH excluding ortho intramolecular Hbond substituents is 1. The van der Waals surface area contributed by atoms with Crippen molar-refractivity contribution in [2.24, 2.45) is 0 Å². The van der Waals surface area contributed by atoms with Gasteiger partial charge in [-0.3, -0.25) is 0 Å². The number of anilines is 1. The normalized spacial score (nSPS) is 10.3. The first kappa shape index (κ1) is 19.1. The number of carbonyl (C=O) groups excluding carboxylic acids is 1. The standard InChI is InChI=1S/C22H22N2O4/c1-2-12-27-19-9-5-8-18(14-19)23-22(26)24(16-20-10-6-13-28-20)15-17-7-3-4-11-21(17)25/h2-11,13-14,25H,1,12,15-16H2,(H,23,26). The molecule has 0 saturated heterocycles. The van der Waals surface area contributed by atoms with E-state index in [1.54, 1.807) is 65.8 Å². The van der Waals surface area contributed by atoms with E-state index in [2.05, 4.69) is 11.9 Å². The molecule has 0 spiro atoms. The molecule has 1 heterocycles. The predicted molar refractivity (Wildman–Crippen MR) is 107 cm³/mol. The number of benzene rings is 2. The Morgan fingerprint density at radius 2 is 2.00 bits per heavy atom. The van der Waals surface area contributed by atoms with Crippen LogP contribution in [-0.4, -0.2) is 22.6 Å². The number of amides is 2. The summed E-state index contributed by atoms with van der Waals surface area (Å²) in [4.78, 5) is 14.5. The number of phenols is 1. The Morgan fingerprint density at radius 3 is 2.75 bits per heavy atom. The third-order valence-corrected chi connectivity index (χ3v) is 4.02. The zero-order chi connectivity index (χ0) is 19.8. The Kier molecular flexibility index (Phi) is 6.36. The van der Waals surface area contributed by atoms with Crippen LogP contribution in [0.5, 0.6) is 11.5 Å². The number of carbonyl (C=O) groups is 1. The first-order valence-electron chi connectivity index (χ1n) is 8.84. The second kappa shape index (κ2) is 9.32. The van der Waals surface area contributed by atoms with Crippen LogP contribution in [0.25, 0.3) is 0 Å². The van der Waals surface area contributed by atoms with Gasteiger partial charge in [0.2, 0.25) is 0 Å². The molecule has 0 saturated carbocycles. The van der Waals surface area contributed by atoms with Gasteiger partial charge in [0.05, 0.1) is 19.4 Å². The van der Waals surface area contributed by atoms with Crippen LogP contribution in [0.15, 0.2) is 84.0 Å². The van der Waals surface area contributed by atoms with Crippen LogP contribution >= 0.6 is 0 Å². The molecule has 0 aliphatic carbocycles. The largest absolute Gasteiger partial charge is 0.508 e. The molecule has 144 valence electrons. The first-order valence-corrected chi connectivity index (χ1v) is 8.84. The molecule has 0 bridgehead atoms. The maximum Gasteiger partial charge on any atom is 0.322 e. The zero-order valence-corrected chi connectivity index (χ0v) is 15.4. The molecule has 1 aromatic heterocycles. The second-order valence-electron chi connectivity index (χ2n) is 6.12. The number of ether oxygens (including phenoxy) is 1. The van der Waals surface area contributed by atoms with E-state index in [1.807, 2.05) is 12.1 Å². The van der Waals surface area contributed by atoms with Gasteiger partial charge in [0.15, 0.2) is 0 Å². The van der Waals surface area contributed by atoms with Crippen LogP contribution in [0.4, 0.5) is 10.5 Å². The van der Waals surface area contributed by atoms with Crippen molar-refractivity contribution >= 4 is 11.7 Å². The Labute approximate surface area is 163 Å². The summed E-state index contributed by atoms with van der Waals surface area (Å²) in [5.41, 5.74) is 1.25. The van der Waals surface area contributed by atoms with Crippen molar-refractivity contribution in [2.75, 3.05) is 11.9 Å². The fourth-order valence-corrected chi connectivity index (χ4v) is 2.66. The van der Waals surface area contributed by atoms with Gasteiger partial charge in [-0.15, -0.1) is 0 Å². The summed E-state index contributed by atoms with van der Waals surface area (Å²) in [6.07, 6.45) is 3.22. The molecular weight excluding hydrogens is 356 g/mol. The second-order valence-corrected chi connectivity index (χ2v) is 6.12. The molecule has 0 radical (unpaired) electrons. The number of rotatable bonds is 8. The van der Waals surface area contributed by atoms with Crippen molar-refractivity contribution in [2.45, 2.75) is 13.1 Å². The highest BCUT2D eigenvalue weighted by Crippen LogP contribution is 2.22. The van der Waals surface area contributed by atoms with E-state index in [0.29, 0.717) is 29.4 Å². The molecule has 6 nitrogen and oxygen atoms in total. The minimum Gasteiger partial charge on any atom is -0.508 e. The van der Waals surface area contributed by atoms with Crippen LogP contribution in [0, 0.1) is 0 Å². The maximum absolute atomic E-state index is 12.9. The molecule has 6 heteroatoms. The van der Waals surface area contributed by atoms with E-state index < -0.39 is 0 Å². The van der Waals surface area contributed by atoms with Crippen molar-refractivity contribution in [3.63, 3.8) is 0 Å². The van der Waals surface area contributed by atoms with Gasteiger partial charge in [-0.2, -0.15) is 0 Å². The minimum absolute atomic E-state index is 0.138. The van der Waals surface area contributed by atoms with E-state index in [-0.39, 0.29) is 24.9 Å². The molecule has 0 unspecified atom stereocenters. The predicted octanol–water partition coefficient (Wildman–Crippen LogP) is 4.78. The Balaban J connectivity index is 1.76. The number of para-hydroxylation sites is 1. The van der Waals surface area contributed by atoms with E-state index >= 15 is 0 Å². The molecule has 0 aliphatic rings. The van der Waals surface area contributed by atoms with Crippen molar-refractivity contribution in [3.05, 3.63) is 90.9 Å². The summed E-state index contributed by atoms with van der Waals surface area (Å²) in [6.45, 7) is 4.50.